The minimum Gasteiger partial charge on any atom is -0.339 e. The Labute approximate surface area is 74.9 Å². The fourth-order valence-electron chi connectivity index (χ4n) is 1.60. The summed E-state index contributed by atoms with van der Waals surface area (Å²) in [4.78, 5) is 10.3. The van der Waals surface area contributed by atoms with Crippen LogP contribution in [0.25, 0.3) is 0 Å². The largest absolute Gasteiger partial charge is 0.339 e. The van der Waals surface area contributed by atoms with Gasteiger partial charge in [0.05, 0.1) is 0 Å². The smallest absolute Gasteiger partial charge is 0.191 e. The van der Waals surface area contributed by atoms with Crippen molar-refractivity contribution in [2.75, 3.05) is 0 Å². The van der Waals surface area contributed by atoms with Gasteiger partial charge in [0.1, 0.15) is 12.2 Å². The number of fused-ring (bicyclic) bond motifs is 1. The molecule has 0 N–H and O–H groups in total. The molecular weight excluding hydrogens is 179 g/mol. The predicted octanol–water partition coefficient (Wildman–Crippen LogP) is 0.400. The van der Waals surface area contributed by atoms with Crippen LogP contribution >= 0.6 is 0 Å². The van der Waals surface area contributed by atoms with Gasteiger partial charge in [-0.1, -0.05) is 0 Å². The molecule has 0 amide bonds. The van der Waals surface area contributed by atoms with Crippen LogP contribution in [0.2, 0.25) is 0 Å². The zero-order chi connectivity index (χ0) is 9.64. The summed E-state index contributed by atoms with van der Waals surface area (Å²) in [6.45, 7) is 3.36. The molecule has 2 saturated heterocycles. The van der Waals surface area contributed by atoms with E-state index in [2.05, 4.69) is 0 Å². The summed E-state index contributed by atoms with van der Waals surface area (Å²) in [6.07, 6.45) is -3.57. The molecule has 13 heavy (non-hydrogen) atoms. The summed E-state index contributed by atoms with van der Waals surface area (Å²) < 4.78 is 28.8. The minimum atomic E-state index is -1.43. The van der Waals surface area contributed by atoms with E-state index in [0.717, 1.165) is 0 Å². The third kappa shape index (κ3) is 1.37. The van der Waals surface area contributed by atoms with Gasteiger partial charge in [-0.2, -0.15) is 0 Å². The van der Waals surface area contributed by atoms with E-state index in [1.165, 1.54) is 0 Å². The minimum absolute atomic E-state index is 0.433. The molecule has 2 aliphatic heterocycles. The second-order valence-corrected chi connectivity index (χ2v) is 3.65. The Morgan fingerprint density at radius 1 is 1.38 bits per heavy atom. The van der Waals surface area contributed by atoms with Crippen LogP contribution in [0.5, 0.6) is 0 Å². The van der Waals surface area contributed by atoms with E-state index in [1.807, 2.05) is 0 Å². The number of carbonyl (C=O) groups excluding carboxylic acids is 1. The zero-order valence-corrected chi connectivity index (χ0v) is 7.40. The van der Waals surface area contributed by atoms with Gasteiger partial charge in [-0.15, -0.1) is 0 Å². The zero-order valence-electron chi connectivity index (χ0n) is 7.40. The number of hydrogen-bond acceptors (Lipinski definition) is 4. The number of hydrogen-bond donors (Lipinski definition) is 0. The summed E-state index contributed by atoms with van der Waals surface area (Å²) in [6, 6.07) is 0. The van der Waals surface area contributed by atoms with Gasteiger partial charge < -0.3 is 19.0 Å². The van der Waals surface area contributed by atoms with Crippen LogP contribution in [0.1, 0.15) is 13.8 Å². The fraction of sp³-hybridized carbons (Fsp3) is 0.875. The van der Waals surface area contributed by atoms with Crippen molar-refractivity contribution < 1.29 is 23.4 Å². The van der Waals surface area contributed by atoms with Crippen LogP contribution in [0.15, 0.2) is 0 Å². The van der Waals surface area contributed by atoms with Crippen LogP contribution in [0, 0.1) is 0 Å². The molecule has 4 atom stereocenters. The van der Waals surface area contributed by atoms with Crippen LogP contribution in [-0.4, -0.2) is 36.7 Å². The molecular formula is C8H11FO4. The molecule has 0 unspecified atom stereocenters. The maximum atomic E-state index is 13.3. The monoisotopic (exact) mass is 190 g/mol. The number of halogens is 1. The average molecular weight is 190 g/mol. The van der Waals surface area contributed by atoms with Crippen LogP contribution in [0.4, 0.5) is 4.39 Å². The van der Waals surface area contributed by atoms with E-state index in [-0.39, 0.29) is 0 Å². The van der Waals surface area contributed by atoms with Crippen molar-refractivity contribution in [3.63, 3.8) is 0 Å². The molecule has 0 aromatic rings. The van der Waals surface area contributed by atoms with Gasteiger partial charge in [-0.25, -0.2) is 4.39 Å². The number of aldehydes is 1. The van der Waals surface area contributed by atoms with Gasteiger partial charge in [0, 0.05) is 0 Å². The molecule has 2 aliphatic rings. The second-order valence-electron chi connectivity index (χ2n) is 3.65. The molecule has 0 aromatic heterocycles. The average Bonchev–Trinajstić information content (AvgIpc) is 2.47. The molecule has 0 aromatic carbocycles. The molecule has 0 spiro atoms. The summed E-state index contributed by atoms with van der Waals surface area (Å²) in [7, 11) is 0. The Morgan fingerprint density at radius 3 is 2.62 bits per heavy atom. The van der Waals surface area contributed by atoms with Gasteiger partial charge in [0.15, 0.2) is 24.5 Å². The number of carbonyl (C=O) groups is 1. The fourth-order valence-corrected chi connectivity index (χ4v) is 1.60. The maximum Gasteiger partial charge on any atom is 0.191 e. The highest BCUT2D eigenvalue weighted by Gasteiger charge is 2.55. The topological polar surface area (TPSA) is 44.8 Å². The lowest BCUT2D eigenvalue weighted by Gasteiger charge is -2.19. The van der Waals surface area contributed by atoms with E-state index >= 15 is 0 Å². The van der Waals surface area contributed by atoms with E-state index in [0.29, 0.717) is 6.29 Å². The number of rotatable bonds is 1. The van der Waals surface area contributed by atoms with E-state index in [9.17, 15) is 9.18 Å². The quantitative estimate of drug-likeness (QED) is 0.561. The van der Waals surface area contributed by atoms with Gasteiger partial charge in [0.2, 0.25) is 0 Å². The van der Waals surface area contributed by atoms with Crippen molar-refractivity contribution in [1.82, 2.24) is 0 Å². The van der Waals surface area contributed by atoms with Gasteiger partial charge in [-0.05, 0) is 13.8 Å². The Hall–Kier alpha value is -0.520. The first kappa shape index (κ1) is 9.05. The van der Waals surface area contributed by atoms with Gasteiger partial charge >= 0.3 is 0 Å². The van der Waals surface area contributed by atoms with Crippen molar-refractivity contribution in [3.8, 4) is 0 Å². The van der Waals surface area contributed by atoms with Crippen LogP contribution in [0.3, 0.4) is 0 Å². The highest BCUT2D eigenvalue weighted by atomic mass is 19.1. The lowest BCUT2D eigenvalue weighted by Crippen LogP contribution is -2.32. The Morgan fingerprint density at radius 2 is 2.08 bits per heavy atom. The van der Waals surface area contributed by atoms with E-state index in [4.69, 9.17) is 14.2 Å². The van der Waals surface area contributed by atoms with Gasteiger partial charge in [0.25, 0.3) is 0 Å². The maximum absolute atomic E-state index is 13.3. The summed E-state index contributed by atoms with van der Waals surface area (Å²) in [5, 5.41) is 0. The molecule has 0 bridgehead atoms. The third-order valence-electron chi connectivity index (χ3n) is 2.14. The molecule has 2 heterocycles. The summed E-state index contributed by atoms with van der Waals surface area (Å²) in [5.41, 5.74) is 0. The molecule has 2 fully saturated rings. The normalized spacial score (nSPS) is 47.6. The van der Waals surface area contributed by atoms with Crippen molar-refractivity contribution in [3.05, 3.63) is 0 Å². The number of ether oxygens (including phenoxy) is 3. The predicted molar refractivity (Wildman–Crippen MR) is 39.7 cm³/mol. The molecule has 4 nitrogen and oxygen atoms in total. The van der Waals surface area contributed by atoms with Crippen LogP contribution in [-0.2, 0) is 19.0 Å². The molecule has 0 aliphatic carbocycles. The standard InChI is InChI=1S/C8H11FO4/c1-8(2)12-6-5(9)4(3-10)11-7(6)13-8/h3-7H,1-2H3/t4-,5+,6-,7-/m1/s1. The molecule has 2 rings (SSSR count). The molecule has 0 saturated carbocycles. The Kier molecular flexibility index (Phi) is 1.90. The van der Waals surface area contributed by atoms with E-state index < -0.39 is 30.5 Å². The number of alkyl halides is 1. The molecule has 5 heteroatoms. The summed E-state index contributed by atoms with van der Waals surface area (Å²) in [5.74, 6) is -0.826. The Bertz CT molecular complexity index is 230. The van der Waals surface area contributed by atoms with Crippen molar-refractivity contribution in [1.29, 1.82) is 0 Å². The van der Waals surface area contributed by atoms with Crippen molar-refractivity contribution in [2.24, 2.45) is 0 Å². The first-order chi connectivity index (χ1) is 6.03. The molecule has 0 radical (unpaired) electrons. The van der Waals surface area contributed by atoms with Crippen molar-refractivity contribution >= 4 is 6.29 Å². The van der Waals surface area contributed by atoms with E-state index in [1.54, 1.807) is 13.8 Å². The van der Waals surface area contributed by atoms with Crippen molar-refractivity contribution in [2.45, 2.75) is 44.3 Å². The van der Waals surface area contributed by atoms with Gasteiger partial charge in [-0.3, -0.25) is 0 Å². The highest BCUT2D eigenvalue weighted by molar-refractivity contribution is 5.58. The summed E-state index contributed by atoms with van der Waals surface area (Å²) >= 11 is 0. The Balaban J connectivity index is 2.11. The lowest BCUT2D eigenvalue weighted by molar-refractivity contribution is -0.208. The first-order valence-corrected chi connectivity index (χ1v) is 4.14. The second kappa shape index (κ2) is 2.73. The van der Waals surface area contributed by atoms with Crippen LogP contribution < -0.4 is 0 Å². The lowest BCUT2D eigenvalue weighted by atomic mass is 10.2. The molecule has 74 valence electrons. The first-order valence-electron chi connectivity index (χ1n) is 4.14. The highest BCUT2D eigenvalue weighted by Crippen LogP contribution is 2.37. The SMILES string of the molecule is CC1(C)O[C@H]2O[C@H](C=O)[C@H](F)[C@H]2O1. The third-order valence-corrected chi connectivity index (χ3v) is 2.14.